The number of rotatable bonds is 4. The van der Waals surface area contributed by atoms with Crippen LogP contribution in [-0.2, 0) is 20.3 Å². The lowest BCUT2D eigenvalue weighted by atomic mass is 9.83. The maximum atomic E-state index is 11.5. The summed E-state index contributed by atoms with van der Waals surface area (Å²) < 4.78 is 45.0. The van der Waals surface area contributed by atoms with Gasteiger partial charge in [0.2, 0.25) is 0 Å². The minimum atomic E-state index is -3.65. The zero-order chi connectivity index (χ0) is 17.5. The average molecular weight is 357 g/mol. The molecular weight excluding hydrogens is 334 g/mol. The van der Waals surface area contributed by atoms with Crippen LogP contribution in [0.4, 0.5) is 0 Å². The van der Waals surface area contributed by atoms with Crippen LogP contribution in [0.1, 0.15) is 19.4 Å². The van der Waals surface area contributed by atoms with E-state index in [4.69, 9.17) is 18.4 Å². The molecule has 1 atom stereocenters. The van der Waals surface area contributed by atoms with E-state index in [1.165, 1.54) is 7.11 Å². The largest absolute Gasteiger partial charge is 0.493 e. The van der Waals surface area contributed by atoms with E-state index in [9.17, 15) is 8.42 Å². The van der Waals surface area contributed by atoms with Gasteiger partial charge in [0.05, 0.1) is 26.6 Å². The summed E-state index contributed by atoms with van der Waals surface area (Å²) in [6, 6.07) is 3.40. The number of hydrogen-bond donors (Lipinski definition) is 0. The molecule has 1 aromatic rings. The summed E-state index contributed by atoms with van der Waals surface area (Å²) in [5.74, 6) is 1.20. The van der Waals surface area contributed by atoms with Crippen molar-refractivity contribution in [2.45, 2.75) is 25.5 Å². The van der Waals surface area contributed by atoms with Gasteiger partial charge in [-0.2, -0.15) is 8.42 Å². The number of methoxy groups -OCH3 is 1. The summed E-state index contributed by atoms with van der Waals surface area (Å²) in [5.41, 5.74) is 0.576. The van der Waals surface area contributed by atoms with E-state index in [0.717, 1.165) is 24.9 Å². The third-order valence-corrected chi connectivity index (χ3v) is 4.92. The van der Waals surface area contributed by atoms with E-state index in [-0.39, 0.29) is 17.4 Å². The molecule has 1 aromatic carbocycles. The molecule has 0 amide bonds. The third-order valence-electron chi connectivity index (χ3n) is 4.43. The van der Waals surface area contributed by atoms with Gasteiger partial charge in [-0.05, 0) is 6.07 Å². The molecule has 0 spiro atoms. The molecule has 0 saturated carbocycles. The Balaban J connectivity index is 1.98. The summed E-state index contributed by atoms with van der Waals surface area (Å²) in [7, 11) is -2.18. The molecule has 1 unspecified atom stereocenters. The van der Waals surface area contributed by atoms with Gasteiger partial charge in [-0.3, -0.25) is 4.90 Å². The lowest BCUT2D eigenvalue weighted by molar-refractivity contribution is -0.0613. The van der Waals surface area contributed by atoms with Gasteiger partial charge in [-0.1, -0.05) is 13.8 Å². The first-order valence-electron chi connectivity index (χ1n) is 7.83. The standard InChI is InChI=1S/C16H23NO6S/c1-16(2)11-9-14(23-24(4,18)19)13(20-3)10-12(11)22-15(16)17-5-7-21-8-6-17/h9-10,15H,5-8H2,1-4H3. The first-order chi connectivity index (χ1) is 11.2. The summed E-state index contributed by atoms with van der Waals surface area (Å²) >= 11 is 0. The van der Waals surface area contributed by atoms with Gasteiger partial charge in [0.1, 0.15) is 5.75 Å². The van der Waals surface area contributed by atoms with Gasteiger partial charge in [-0.25, -0.2) is 0 Å². The molecule has 0 N–H and O–H groups in total. The van der Waals surface area contributed by atoms with Crippen molar-refractivity contribution < 1.29 is 26.8 Å². The molecule has 0 bridgehead atoms. The van der Waals surface area contributed by atoms with Gasteiger partial charge in [-0.15, -0.1) is 0 Å². The molecule has 3 rings (SSSR count). The van der Waals surface area contributed by atoms with Crippen LogP contribution in [0.3, 0.4) is 0 Å². The topological polar surface area (TPSA) is 74.3 Å². The monoisotopic (exact) mass is 357 g/mol. The van der Waals surface area contributed by atoms with E-state index in [2.05, 4.69) is 18.7 Å². The molecule has 1 fully saturated rings. The molecule has 2 aliphatic rings. The van der Waals surface area contributed by atoms with E-state index < -0.39 is 10.1 Å². The second kappa shape index (κ2) is 6.09. The zero-order valence-electron chi connectivity index (χ0n) is 14.4. The molecular formula is C16H23NO6S. The maximum absolute atomic E-state index is 11.5. The number of fused-ring (bicyclic) bond motifs is 1. The summed E-state index contributed by atoms with van der Waals surface area (Å²) in [5, 5.41) is 0. The predicted octanol–water partition coefficient (Wildman–Crippen LogP) is 1.36. The second-order valence-electron chi connectivity index (χ2n) is 6.63. The van der Waals surface area contributed by atoms with Crippen molar-refractivity contribution in [3.05, 3.63) is 17.7 Å². The lowest BCUT2D eigenvalue weighted by Gasteiger charge is -2.38. The Kier molecular flexibility index (Phi) is 4.39. The van der Waals surface area contributed by atoms with Gasteiger partial charge in [0, 0.05) is 30.1 Å². The molecule has 24 heavy (non-hydrogen) atoms. The van der Waals surface area contributed by atoms with Crippen LogP contribution in [0.25, 0.3) is 0 Å². The molecule has 0 aromatic heterocycles. The molecule has 8 heteroatoms. The molecule has 2 heterocycles. The van der Waals surface area contributed by atoms with Crippen molar-refractivity contribution in [2.24, 2.45) is 0 Å². The van der Waals surface area contributed by atoms with E-state index in [0.29, 0.717) is 24.7 Å². The van der Waals surface area contributed by atoms with Crippen LogP contribution >= 0.6 is 0 Å². The Labute approximate surface area is 142 Å². The van der Waals surface area contributed by atoms with Crippen molar-refractivity contribution >= 4 is 10.1 Å². The smallest absolute Gasteiger partial charge is 0.306 e. The highest BCUT2D eigenvalue weighted by Crippen LogP contribution is 2.48. The predicted molar refractivity (Wildman–Crippen MR) is 88.3 cm³/mol. The summed E-state index contributed by atoms with van der Waals surface area (Å²) in [4.78, 5) is 2.24. The number of nitrogens with zero attached hydrogens (tertiary/aromatic N) is 1. The molecule has 2 aliphatic heterocycles. The van der Waals surface area contributed by atoms with Gasteiger partial charge in [0.15, 0.2) is 17.7 Å². The van der Waals surface area contributed by atoms with Crippen molar-refractivity contribution in [3.63, 3.8) is 0 Å². The van der Waals surface area contributed by atoms with Crippen LogP contribution < -0.4 is 13.7 Å². The van der Waals surface area contributed by atoms with Crippen LogP contribution in [0, 0.1) is 0 Å². The Morgan fingerprint density at radius 3 is 2.46 bits per heavy atom. The number of morpholine rings is 1. The van der Waals surface area contributed by atoms with Crippen LogP contribution in [0.5, 0.6) is 17.2 Å². The Morgan fingerprint density at radius 1 is 1.21 bits per heavy atom. The number of benzene rings is 1. The van der Waals surface area contributed by atoms with Crippen LogP contribution in [0.2, 0.25) is 0 Å². The van der Waals surface area contributed by atoms with Crippen molar-refractivity contribution in [2.75, 3.05) is 39.7 Å². The van der Waals surface area contributed by atoms with Crippen molar-refractivity contribution in [1.29, 1.82) is 0 Å². The zero-order valence-corrected chi connectivity index (χ0v) is 15.2. The summed E-state index contributed by atoms with van der Waals surface area (Å²) in [6.07, 6.45) is 0.868. The molecule has 0 radical (unpaired) electrons. The Morgan fingerprint density at radius 2 is 1.88 bits per heavy atom. The number of ether oxygens (including phenoxy) is 3. The molecule has 134 valence electrons. The number of hydrogen-bond acceptors (Lipinski definition) is 7. The fourth-order valence-corrected chi connectivity index (χ4v) is 3.73. The summed E-state index contributed by atoms with van der Waals surface area (Å²) in [6.45, 7) is 7.11. The highest BCUT2D eigenvalue weighted by Gasteiger charge is 2.46. The fourth-order valence-electron chi connectivity index (χ4n) is 3.27. The Bertz CT molecular complexity index is 724. The van der Waals surface area contributed by atoms with Crippen molar-refractivity contribution in [3.8, 4) is 17.2 Å². The SMILES string of the molecule is COc1cc2c(cc1OS(C)(=O)=O)C(C)(C)C(N1CCOCC1)O2. The maximum Gasteiger partial charge on any atom is 0.306 e. The van der Waals surface area contributed by atoms with E-state index in [1.54, 1.807) is 12.1 Å². The average Bonchev–Trinajstić information content (AvgIpc) is 2.77. The minimum Gasteiger partial charge on any atom is -0.493 e. The van der Waals surface area contributed by atoms with E-state index in [1.807, 2.05) is 0 Å². The lowest BCUT2D eigenvalue weighted by Crippen LogP contribution is -2.52. The fraction of sp³-hybridized carbons (Fsp3) is 0.625. The normalized spacial score (nSPS) is 23.4. The first kappa shape index (κ1) is 17.3. The van der Waals surface area contributed by atoms with Crippen LogP contribution in [-0.4, -0.2) is 59.2 Å². The highest BCUT2D eigenvalue weighted by atomic mass is 32.2. The van der Waals surface area contributed by atoms with Crippen LogP contribution in [0.15, 0.2) is 12.1 Å². The molecule has 1 saturated heterocycles. The van der Waals surface area contributed by atoms with E-state index >= 15 is 0 Å². The quantitative estimate of drug-likeness (QED) is 0.753. The third kappa shape index (κ3) is 3.18. The second-order valence-corrected chi connectivity index (χ2v) is 8.20. The van der Waals surface area contributed by atoms with Gasteiger partial charge in [0.25, 0.3) is 0 Å². The van der Waals surface area contributed by atoms with Gasteiger partial charge >= 0.3 is 10.1 Å². The highest BCUT2D eigenvalue weighted by molar-refractivity contribution is 7.86. The molecule has 7 nitrogen and oxygen atoms in total. The van der Waals surface area contributed by atoms with Crippen molar-refractivity contribution in [1.82, 2.24) is 4.90 Å². The molecule has 0 aliphatic carbocycles. The Hall–Kier alpha value is -1.51. The first-order valence-corrected chi connectivity index (χ1v) is 9.64. The minimum absolute atomic E-state index is 0.144. The van der Waals surface area contributed by atoms with Gasteiger partial charge < -0.3 is 18.4 Å².